The number of para-hydroxylation sites is 1. The van der Waals surface area contributed by atoms with E-state index >= 15 is 0 Å². The zero-order valence-corrected chi connectivity index (χ0v) is 8.21. The topological polar surface area (TPSA) is 116 Å². The molecule has 0 aromatic heterocycles. The molecule has 0 aliphatic carbocycles. The first kappa shape index (κ1) is 12.8. The standard InChI is InChI=1S/C7H11N3O2S.H2O/c8-6-9-13(11,12)10-7-4-2-1-3-5-7;/h1-5,9-10H,6,8H2;1H2. The van der Waals surface area contributed by atoms with Crippen LogP contribution in [-0.4, -0.2) is 20.6 Å². The highest BCUT2D eigenvalue weighted by Crippen LogP contribution is 2.05. The van der Waals surface area contributed by atoms with Crippen LogP contribution >= 0.6 is 0 Å². The molecule has 1 rings (SSSR count). The monoisotopic (exact) mass is 219 g/mol. The summed E-state index contributed by atoms with van der Waals surface area (Å²) in [4.78, 5) is 0. The summed E-state index contributed by atoms with van der Waals surface area (Å²) in [7, 11) is -3.51. The lowest BCUT2D eigenvalue weighted by Gasteiger charge is -2.06. The molecule has 0 aliphatic heterocycles. The lowest BCUT2D eigenvalue weighted by atomic mass is 10.3. The van der Waals surface area contributed by atoms with Crippen molar-refractivity contribution in [3.8, 4) is 0 Å². The van der Waals surface area contributed by atoms with Gasteiger partial charge in [-0.3, -0.25) is 4.72 Å². The van der Waals surface area contributed by atoms with Crippen molar-refractivity contribution >= 4 is 15.9 Å². The Bertz CT molecular complexity index is 352. The van der Waals surface area contributed by atoms with Gasteiger partial charge in [-0.05, 0) is 12.1 Å². The van der Waals surface area contributed by atoms with Crippen LogP contribution in [0.1, 0.15) is 0 Å². The third-order valence-electron chi connectivity index (χ3n) is 1.30. The van der Waals surface area contributed by atoms with E-state index in [9.17, 15) is 8.42 Å². The van der Waals surface area contributed by atoms with Gasteiger partial charge >= 0.3 is 0 Å². The SMILES string of the molecule is NCNS(=O)(=O)Nc1ccccc1.O. The van der Waals surface area contributed by atoms with Crippen LogP contribution in [0.4, 0.5) is 5.69 Å². The molecule has 1 aromatic rings. The summed E-state index contributed by atoms with van der Waals surface area (Å²) in [6.07, 6.45) is 0. The normalized spacial score (nSPS) is 10.4. The molecule has 0 fully saturated rings. The van der Waals surface area contributed by atoms with Crippen molar-refractivity contribution < 1.29 is 13.9 Å². The van der Waals surface area contributed by atoms with E-state index in [1.165, 1.54) is 0 Å². The molecule has 80 valence electrons. The first-order chi connectivity index (χ1) is 6.14. The smallest absolute Gasteiger partial charge is 0.300 e. The Labute approximate surface area is 82.6 Å². The second kappa shape index (κ2) is 5.55. The maximum absolute atomic E-state index is 11.1. The Morgan fingerprint density at radius 3 is 2.29 bits per heavy atom. The van der Waals surface area contributed by atoms with E-state index in [4.69, 9.17) is 5.73 Å². The number of hydrogen-bond acceptors (Lipinski definition) is 3. The fourth-order valence-electron chi connectivity index (χ4n) is 0.807. The molecular weight excluding hydrogens is 206 g/mol. The fraction of sp³-hybridized carbons (Fsp3) is 0.143. The Hall–Kier alpha value is -1.15. The maximum Gasteiger partial charge on any atom is 0.300 e. The predicted octanol–water partition coefficient (Wildman–Crippen LogP) is -0.976. The molecule has 6 N–H and O–H groups in total. The van der Waals surface area contributed by atoms with Crippen LogP contribution in [0.5, 0.6) is 0 Å². The molecule has 0 saturated carbocycles. The number of benzene rings is 1. The first-order valence-electron chi connectivity index (χ1n) is 3.66. The summed E-state index contributed by atoms with van der Waals surface area (Å²) in [6, 6.07) is 8.57. The minimum absolute atomic E-state index is 0. The zero-order valence-electron chi connectivity index (χ0n) is 7.40. The van der Waals surface area contributed by atoms with Gasteiger partial charge in [0, 0.05) is 5.69 Å². The largest absolute Gasteiger partial charge is 0.412 e. The molecule has 7 heteroatoms. The van der Waals surface area contributed by atoms with Gasteiger partial charge in [-0.2, -0.15) is 13.1 Å². The van der Waals surface area contributed by atoms with E-state index in [1.54, 1.807) is 30.3 Å². The minimum atomic E-state index is -3.51. The van der Waals surface area contributed by atoms with Gasteiger partial charge in [0.2, 0.25) is 0 Å². The summed E-state index contributed by atoms with van der Waals surface area (Å²) in [5.41, 5.74) is 5.54. The molecule has 0 atom stereocenters. The van der Waals surface area contributed by atoms with Gasteiger partial charge < -0.3 is 11.2 Å². The number of anilines is 1. The molecular formula is C7H13N3O3S. The predicted molar refractivity (Wildman–Crippen MR) is 54.8 cm³/mol. The molecule has 0 spiro atoms. The van der Waals surface area contributed by atoms with Gasteiger partial charge in [0.1, 0.15) is 0 Å². The number of nitrogens with two attached hydrogens (primary N) is 1. The number of nitrogens with one attached hydrogen (secondary N) is 2. The van der Waals surface area contributed by atoms with E-state index in [0.717, 1.165) is 0 Å². The van der Waals surface area contributed by atoms with Crippen molar-refractivity contribution in [3.05, 3.63) is 30.3 Å². The Kier molecular flexibility index (Phi) is 5.10. The number of rotatable bonds is 4. The molecule has 0 bridgehead atoms. The minimum Gasteiger partial charge on any atom is -0.412 e. The van der Waals surface area contributed by atoms with Gasteiger partial charge in [-0.1, -0.05) is 18.2 Å². The molecule has 0 unspecified atom stereocenters. The highest BCUT2D eigenvalue weighted by molar-refractivity contribution is 7.90. The van der Waals surface area contributed by atoms with Crippen molar-refractivity contribution in [2.75, 3.05) is 11.4 Å². The average Bonchev–Trinajstić information content (AvgIpc) is 2.04. The van der Waals surface area contributed by atoms with E-state index in [0.29, 0.717) is 5.69 Å². The average molecular weight is 219 g/mol. The van der Waals surface area contributed by atoms with Gasteiger partial charge in [-0.15, -0.1) is 0 Å². The fourth-order valence-corrected chi connectivity index (χ4v) is 1.55. The van der Waals surface area contributed by atoms with Gasteiger partial charge in [0.25, 0.3) is 10.2 Å². The molecule has 0 amide bonds. The van der Waals surface area contributed by atoms with Crippen LogP contribution < -0.4 is 15.2 Å². The van der Waals surface area contributed by atoms with Crippen LogP contribution in [0, 0.1) is 0 Å². The molecule has 1 aromatic carbocycles. The second-order valence-electron chi connectivity index (χ2n) is 2.32. The third kappa shape index (κ3) is 4.19. The zero-order chi connectivity index (χ0) is 9.73. The molecule has 6 nitrogen and oxygen atoms in total. The number of hydrogen-bond donors (Lipinski definition) is 3. The van der Waals surface area contributed by atoms with Gasteiger partial charge in [-0.25, -0.2) is 0 Å². The molecule has 0 radical (unpaired) electrons. The van der Waals surface area contributed by atoms with Crippen molar-refractivity contribution in [2.45, 2.75) is 0 Å². The summed E-state index contributed by atoms with van der Waals surface area (Å²) in [5, 5.41) is 0. The quantitative estimate of drug-likeness (QED) is 0.565. The van der Waals surface area contributed by atoms with Crippen LogP contribution in [0.25, 0.3) is 0 Å². The van der Waals surface area contributed by atoms with Gasteiger partial charge in [0.15, 0.2) is 0 Å². The van der Waals surface area contributed by atoms with E-state index < -0.39 is 10.2 Å². The van der Waals surface area contributed by atoms with E-state index in [2.05, 4.69) is 9.44 Å². The molecule has 0 aliphatic rings. The second-order valence-corrected chi connectivity index (χ2v) is 3.82. The Morgan fingerprint density at radius 1 is 1.21 bits per heavy atom. The maximum atomic E-state index is 11.1. The lowest BCUT2D eigenvalue weighted by Crippen LogP contribution is -2.34. The van der Waals surface area contributed by atoms with Crippen LogP contribution in [0.15, 0.2) is 30.3 Å². The van der Waals surface area contributed by atoms with Crippen molar-refractivity contribution in [1.29, 1.82) is 0 Å². The molecule has 14 heavy (non-hydrogen) atoms. The summed E-state index contributed by atoms with van der Waals surface area (Å²) in [6.45, 7) is -0.123. The lowest BCUT2D eigenvalue weighted by molar-refractivity contribution is 0.588. The summed E-state index contributed by atoms with van der Waals surface area (Å²) >= 11 is 0. The Morgan fingerprint density at radius 2 is 1.79 bits per heavy atom. The van der Waals surface area contributed by atoms with Crippen molar-refractivity contribution in [3.63, 3.8) is 0 Å². The highest BCUT2D eigenvalue weighted by Gasteiger charge is 2.06. The third-order valence-corrected chi connectivity index (χ3v) is 2.35. The van der Waals surface area contributed by atoms with Gasteiger partial charge in [0.05, 0.1) is 6.67 Å². The molecule has 0 heterocycles. The van der Waals surface area contributed by atoms with Crippen LogP contribution in [0.3, 0.4) is 0 Å². The summed E-state index contributed by atoms with van der Waals surface area (Å²) < 4.78 is 26.6. The molecule has 0 saturated heterocycles. The Balaban J connectivity index is 0.00000169. The van der Waals surface area contributed by atoms with Crippen molar-refractivity contribution in [2.24, 2.45) is 5.73 Å². The van der Waals surface area contributed by atoms with E-state index in [1.807, 2.05) is 0 Å². The van der Waals surface area contributed by atoms with E-state index in [-0.39, 0.29) is 12.1 Å². The summed E-state index contributed by atoms with van der Waals surface area (Å²) in [5.74, 6) is 0. The van der Waals surface area contributed by atoms with Crippen LogP contribution in [-0.2, 0) is 10.2 Å². The first-order valence-corrected chi connectivity index (χ1v) is 5.15. The van der Waals surface area contributed by atoms with Crippen molar-refractivity contribution in [1.82, 2.24) is 4.72 Å². The van der Waals surface area contributed by atoms with Crippen LogP contribution in [0.2, 0.25) is 0 Å². The highest BCUT2D eigenvalue weighted by atomic mass is 32.2.